The Labute approximate surface area is 113 Å². The third-order valence-electron chi connectivity index (χ3n) is 2.37. The van der Waals surface area contributed by atoms with Crippen molar-refractivity contribution in [2.75, 3.05) is 0 Å². The summed E-state index contributed by atoms with van der Waals surface area (Å²) in [7, 11) is 0. The number of thioether (sulfide) groups is 1. The van der Waals surface area contributed by atoms with E-state index in [-0.39, 0.29) is 5.16 Å². The van der Waals surface area contributed by atoms with E-state index in [0.717, 1.165) is 23.4 Å². The highest BCUT2D eigenvalue weighted by molar-refractivity contribution is 7.98. The fraction of sp³-hybridized carbons (Fsp3) is 0.231. The molecular formula is C13H11F3N2S. The lowest BCUT2D eigenvalue weighted by Crippen LogP contribution is -2.08. The van der Waals surface area contributed by atoms with E-state index in [9.17, 15) is 13.2 Å². The van der Waals surface area contributed by atoms with Crippen LogP contribution in [0.15, 0.2) is 41.7 Å². The van der Waals surface area contributed by atoms with Gasteiger partial charge in [-0.05, 0) is 18.6 Å². The lowest BCUT2D eigenvalue weighted by molar-refractivity contribution is -0.141. The van der Waals surface area contributed by atoms with Crippen molar-refractivity contribution >= 4 is 11.8 Å². The maximum atomic E-state index is 12.5. The smallest absolute Gasteiger partial charge is 0.231 e. The summed E-state index contributed by atoms with van der Waals surface area (Å²) in [6.07, 6.45) is -3.30. The van der Waals surface area contributed by atoms with Gasteiger partial charge in [0.1, 0.15) is 5.69 Å². The molecular weight excluding hydrogens is 273 g/mol. The highest BCUT2D eigenvalue weighted by Gasteiger charge is 2.32. The van der Waals surface area contributed by atoms with Crippen LogP contribution in [0.4, 0.5) is 13.2 Å². The monoisotopic (exact) mass is 284 g/mol. The summed E-state index contributed by atoms with van der Waals surface area (Å²) in [5, 5.41) is 0.135. The van der Waals surface area contributed by atoms with Crippen molar-refractivity contribution in [2.45, 2.75) is 24.0 Å². The van der Waals surface area contributed by atoms with E-state index in [4.69, 9.17) is 0 Å². The molecule has 1 heterocycles. The van der Waals surface area contributed by atoms with E-state index < -0.39 is 11.9 Å². The maximum Gasteiger partial charge on any atom is 0.433 e. The Hall–Kier alpha value is -1.56. The number of alkyl halides is 3. The number of nitrogens with zero attached hydrogens (tertiary/aromatic N) is 2. The second-order valence-electron chi connectivity index (χ2n) is 4.00. The molecule has 1 aromatic heterocycles. The second kappa shape index (κ2) is 5.61. The van der Waals surface area contributed by atoms with Crippen molar-refractivity contribution in [1.29, 1.82) is 0 Å². The zero-order chi connectivity index (χ0) is 13.9. The van der Waals surface area contributed by atoms with Crippen LogP contribution in [-0.4, -0.2) is 9.97 Å². The van der Waals surface area contributed by atoms with Gasteiger partial charge in [0, 0.05) is 11.9 Å². The summed E-state index contributed by atoms with van der Waals surface area (Å²) in [6.45, 7) is 1.97. The van der Waals surface area contributed by atoms with Gasteiger partial charge >= 0.3 is 6.18 Å². The molecule has 0 aliphatic rings. The number of aryl methyl sites for hydroxylation is 1. The first-order chi connectivity index (χ1) is 8.95. The minimum absolute atomic E-state index is 0.135. The Balaban J connectivity index is 2.08. The van der Waals surface area contributed by atoms with Crippen LogP contribution in [0.3, 0.4) is 0 Å². The molecule has 0 spiro atoms. The predicted octanol–water partition coefficient (Wildman–Crippen LogP) is 4.10. The number of hydrogen-bond acceptors (Lipinski definition) is 3. The van der Waals surface area contributed by atoms with Gasteiger partial charge in [0.15, 0.2) is 5.16 Å². The third kappa shape index (κ3) is 3.96. The summed E-state index contributed by atoms with van der Waals surface area (Å²) in [5.41, 5.74) is 1.24. The van der Waals surface area contributed by atoms with Crippen molar-refractivity contribution in [3.05, 3.63) is 53.3 Å². The molecule has 2 rings (SSSR count). The van der Waals surface area contributed by atoms with Crippen molar-refractivity contribution in [1.82, 2.24) is 9.97 Å². The Morgan fingerprint density at radius 2 is 2.00 bits per heavy atom. The minimum atomic E-state index is -4.43. The molecule has 100 valence electrons. The van der Waals surface area contributed by atoms with E-state index >= 15 is 0 Å². The van der Waals surface area contributed by atoms with Gasteiger partial charge in [-0.3, -0.25) is 0 Å². The van der Waals surface area contributed by atoms with Gasteiger partial charge < -0.3 is 0 Å². The molecule has 0 saturated carbocycles. The fourth-order valence-electron chi connectivity index (χ4n) is 1.52. The molecule has 0 fully saturated rings. The average molecular weight is 284 g/mol. The number of hydrogen-bond donors (Lipinski definition) is 0. The van der Waals surface area contributed by atoms with E-state index in [1.165, 1.54) is 11.8 Å². The van der Waals surface area contributed by atoms with Crippen molar-refractivity contribution < 1.29 is 13.2 Å². The minimum Gasteiger partial charge on any atom is -0.231 e. The number of rotatable bonds is 3. The van der Waals surface area contributed by atoms with E-state index in [2.05, 4.69) is 9.97 Å². The predicted molar refractivity (Wildman–Crippen MR) is 67.8 cm³/mol. The molecule has 0 bridgehead atoms. The normalized spacial score (nSPS) is 11.6. The topological polar surface area (TPSA) is 25.8 Å². The van der Waals surface area contributed by atoms with Gasteiger partial charge in [-0.25, -0.2) is 9.97 Å². The zero-order valence-corrected chi connectivity index (χ0v) is 10.9. The van der Waals surface area contributed by atoms with Crippen molar-refractivity contribution in [3.8, 4) is 0 Å². The Morgan fingerprint density at radius 1 is 1.21 bits per heavy atom. The molecule has 0 saturated heterocycles. The van der Waals surface area contributed by atoms with Crippen LogP contribution in [0.25, 0.3) is 0 Å². The quantitative estimate of drug-likeness (QED) is 0.627. The van der Waals surface area contributed by atoms with Gasteiger partial charge in [0.05, 0.1) is 0 Å². The summed E-state index contributed by atoms with van der Waals surface area (Å²) < 4.78 is 37.5. The molecule has 0 radical (unpaired) electrons. The fourth-order valence-corrected chi connectivity index (χ4v) is 2.29. The van der Waals surface area contributed by atoms with Crippen LogP contribution in [0, 0.1) is 6.92 Å². The molecule has 0 aliphatic carbocycles. The summed E-state index contributed by atoms with van der Waals surface area (Å²) in [5.74, 6) is 0.545. The van der Waals surface area contributed by atoms with E-state index in [1.807, 2.05) is 31.2 Å². The molecule has 6 heteroatoms. The van der Waals surface area contributed by atoms with Crippen LogP contribution in [0.5, 0.6) is 0 Å². The number of benzene rings is 1. The van der Waals surface area contributed by atoms with Crippen LogP contribution >= 0.6 is 11.8 Å². The molecule has 0 N–H and O–H groups in total. The third-order valence-corrected chi connectivity index (χ3v) is 3.31. The van der Waals surface area contributed by atoms with Crippen LogP contribution < -0.4 is 0 Å². The first-order valence-corrected chi connectivity index (χ1v) is 6.52. The molecule has 0 atom stereocenters. The van der Waals surface area contributed by atoms with E-state index in [0.29, 0.717) is 5.75 Å². The lowest BCUT2D eigenvalue weighted by Gasteiger charge is -2.06. The molecule has 0 aliphatic heterocycles. The Kier molecular flexibility index (Phi) is 4.09. The van der Waals surface area contributed by atoms with Crippen molar-refractivity contribution in [2.24, 2.45) is 0 Å². The SMILES string of the molecule is Cc1cccc(CSc2nccc(C(F)(F)F)n2)c1. The summed E-state index contributed by atoms with van der Waals surface area (Å²) >= 11 is 1.19. The summed E-state index contributed by atoms with van der Waals surface area (Å²) in [6, 6.07) is 8.66. The first kappa shape index (κ1) is 13.9. The molecule has 0 amide bonds. The molecule has 2 nitrogen and oxygen atoms in total. The number of aromatic nitrogens is 2. The van der Waals surface area contributed by atoms with Gasteiger partial charge in [-0.1, -0.05) is 41.6 Å². The molecule has 1 aromatic carbocycles. The molecule has 2 aromatic rings. The van der Waals surface area contributed by atoms with Gasteiger partial charge in [0.25, 0.3) is 0 Å². The first-order valence-electron chi connectivity index (χ1n) is 5.54. The molecule has 0 unspecified atom stereocenters. The average Bonchev–Trinajstić information content (AvgIpc) is 2.36. The highest BCUT2D eigenvalue weighted by Crippen LogP contribution is 2.29. The van der Waals surface area contributed by atoms with E-state index in [1.54, 1.807) is 0 Å². The molecule has 19 heavy (non-hydrogen) atoms. The summed E-state index contributed by atoms with van der Waals surface area (Å²) in [4.78, 5) is 7.35. The van der Waals surface area contributed by atoms with Crippen LogP contribution in [0.1, 0.15) is 16.8 Å². The lowest BCUT2D eigenvalue weighted by atomic mass is 10.2. The standard InChI is InChI=1S/C13H11F3N2S/c1-9-3-2-4-10(7-9)8-19-12-17-6-5-11(18-12)13(14,15)16/h2-7H,8H2,1H3. The Bertz CT molecular complexity index is 570. The van der Waals surface area contributed by atoms with Gasteiger partial charge in [0.2, 0.25) is 0 Å². The van der Waals surface area contributed by atoms with Crippen molar-refractivity contribution in [3.63, 3.8) is 0 Å². The van der Waals surface area contributed by atoms with Crippen LogP contribution in [0.2, 0.25) is 0 Å². The van der Waals surface area contributed by atoms with Gasteiger partial charge in [-0.2, -0.15) is 13.2 Å². The largest absolute Gasteiger partial charge is 0.433 e. The van der Waals surface area contributed by atoms with Gasteiger partial charge in [-0.15, -0.1) is 0 Å². The van der Waals surface area contributed by atoms with Crippen LogP contribution in [-0.2, 0) is 11.9 Å². The Morgan fingerprint density at radius 3 is 2.68 bits per heavy atom. The second-order valence-corrected chi connectivity index (χ2v) is 4.94. The highest BCUT2D eigenvalue weighted by atomic mass is 32.2. The number of halogens is 3. The maximum absolute atomic E-state index is 12.5. The zero-order valence-electron chi connectivity index (χ0n) is 10.1.